The molecule has 0 aliphatic heterocycles. The molecule has 0 saturated carbocycles. The van der Waals surface area contributed by atoms with E-state index in [1.54, 1.807) is 6.07 Å². The SMILES string of the molecule is CCc1cc(C(Cc2ccc(F)c(F)c2)NN)n(CC)n1. The molecule has 1 aromatic carbocycles. The minimum atomic E-state index is -0.846. The highest BCUT2D eigenvalue weighted by atomic mass is 19.2. The summed E-state index contributed by atoms with van der Waals surface area (Å²) in [6.45, 7) is 4.76. The first-order chi connectivity index (χ1) is 10.1. The quantitative estimate of drug-likeness (QED) is 0.636. The second-order valence-corrected chi connectivity index (χ2v) is 4.90. The third kappa shape index (κ3) is 3.46. The smallest absolute Gasteiger partial charge is 0.159 e. The predicted octanol–water partition coefficient (Wildman–Crippen LogP) is 2.49. The Hall–Kier alpha value is -1.79. The monoisotopic (exact) mass is 294 g/mol. The van der Waals surface area contributed by atoms with Crippen LogP contribution in [0.1, 0.15) is 36.8 Å². The number of hydrazine groups is 1. The molecule has 4 nitrogen and oxygen atoms in total. The van der Waals surface area contributed by atoms with Crippen molar-refractivity contribution in [3.05, 3.63) is 52.9 Å². The Labute approximate surface area is 122 Å². The molecule has 0 spiro atoms. The van der Waals surface area contributed by atoms with Crippen molar-refractivity contribution in [1.82, 2.24) is 15.2 Å². The van der Waals surface area contributed by atoms with Gasteiger partial charge in [0.25, 0.3) is 0 Å². The lowest BCUT2D eigenvalue weighted by Crippen LogP contribution is -2.31. The van der Waals surface area contributed by atoms with E-state index in [4.69, 9.17) is 5.84 Å². The van der Waals surface area contributed by atoms with E-state index < -0.39 is 11.6 Å². The molecule has 1 unspecified atom stereocenters. The first kappa shape index (κ1) is 15.6. The third-order valence-electron chi connectivity index (χ3n) is 3.51. The molecular weight excluding hydrogens is 274 g/mol. The molecule has 114 valence electrons. The topological polar surface area (TPSA) is 55.9 Å². The number of aryl methyl sites for hydroxylation is 2. The van der Waals surface area contributed by atoms with Crippen molar-refractivity contribution < 1.29 is 8.78 Å². The van der Waals surface area contributed by atoms with Crippen molar-refractivity contribution in [2.24, 2.45) is 5.84 Å². The van der Waals surface area contributed by atoms with E-state index in [-0.39, 0.29) is 6.04 Å². The van der Waals surface area contributed by atoms with Crippen molar-refractivity contribution >= 4 is 0 Å². The lowest BCUT2D eigenvalue weighted by molar-refractivity contribution is 0.483. The van der Waals surface area contributed by atoms with Crippen LogP contribution in [-0.2, 0) is 19.4 Å². The van der Waals surface area contributed by atoms with Crippen LogP contribution in [0, 0.1) is 11.6 Å². The van der Waals surface area contributed by atoms with Gasteiger partial charge in [0.05, 0.1) is 17.4 Å². The van der Waals surface area contributed by atoms with Gasteiger partial charge < -0.3 is 0 Å². The molecule has 21 heavy (non-hydrogen) atoms. The van der Waals surface area contributed by atoms with Crippen molar-refractivity contribution in [1.29, 1.82) is 0 Å². The van der Waals surface area contributed by atoms with E-state index in [9.17, 15) is 8.78 Å². The van der Waals surface area contributed by atoms with Crippen molar-refractivity contribution in [3.8, 4) is 0 Å². The normalized spacial score (nSPS) is 12.6. The Balaban J connectivity index is 2.26. The number of nitrogens with two attached hydrogens (primary N) is 1. The molecule has 6 heteroatoms. The number of benzene rings is 1. The zero-order valence-electron chi connectivity index (χ0n) is 12.2. The minimum absolute atomic E-state index is 0.206. The number of halogens is 2. The molecule has 1 aromatic heterocycles. The summed E-state index contributed by atoms with van der Waals surface area (Å²) in [6, 6.07) is 5.69. The molecule has 0 aliphatic rings. The highest BCUT2D eigenvalue weighted by Gasteiger charge is 2.17. The summed E-state index contributed by atoms with van der Waals surface area (Å²) in [6.07, 6.45) is 1.30. The summed E-state index contributed by atoms with van der Waals surface area (Å²) in [5.74, 6) is 3.95. The highest BCUT2D eigenvalue weighted by molar-refractivity contribution is 5.22. The van der Waals surface area contributed by atoms with Crippen LogP contribution in [0.4, 0.5) is 8.78 Å². The molecule has 2 aromatic rings. The van der Waals surface area contributed by atoms with Crippen LogP contribution in [0.5, 0.6) is 0 Å². The van der Waals surface area contributed by atoms with Crippen LogP contribution >= 0.6 is 0 Å². The van der Waals surface area contributed by atoms with Crippen molar-refractivity contribution in [2.75, 3.05) is 0 Å². The number of hydrogen-bond acceptors (Lipinski definition) is 3. The molecule has 3 N–H and O–H groups in total. The van der Waals surface area contributed by atoms with Crippen molar-refractivity contribution in [2.45, 2.75) is 39.3 Å². The van der Waals surface area contributed by atoms with E-state index in [1.807, 2.05) is 24.6 Å². The van der Waals surface area contributed by atoms with Gasteiger partial charge in [0.1, 0.15) is 0 Å². The fourth-order valence-corrected chi connectivity index (χ4v) is 2.34. The summed E-state index contributed by atoms with van der Waals surface area (Å²) >= 11 is 0. The number of nitrogens with zero attached hydrogens (tertiary/aromatic N) is 2. The first-order valence-electron chi connectivity index (χ1n) is 7.05. The number of aromatic nitrogens is 2. The fourth-order valence-electron chi connectivity index (χ4n) is 2.34. The van der Waals surface area contributed by atoms with Gasteiger partial charge in [-0.15, -0.1) is 0 Å². The summed E-state index contributed by atoms with van der Waals surface area (Å²) in [4.78, 5) is 0. The van der Waals surface area contributed by atoms with Crippen molar-refractivity contribution in [3.63, 3.8) is 0 Å². The first-order valence-corrected chi connectivity index (χ1v) is 7.05. The van der Waals surface area contributed by atoms with Crippen LogP contribution in [0.25, 0.3) is 0 Å². The largest absolute Gasteiger partial charge is 0.271 e. The van der Waals surface area contributed by atoms with Crippen LogP contribution in [0.3, 0.4) is 0 Å². The second-order valence-electron chi connectivity index (χ2n) is 4.90. The standard InChI is InChI=1S/C15H20F2N4/c1-3-11-9-15(21(4-2)20-11)14(19-18)8-10-5-6-12(16)13(17)7-10/h5-7,9,14,19H,3-4,8,18H2,1-2H3. The fraction of sp³-hybridized carbons (Fsp3) is 0.400. The lowest BCUT2D eigenvalue weighted by atomic mass is 10.0. The average molecular weight is 294 g/mol. The molecule has 1 heterocycles. The predicted molar refractivity (Wildman–Crippen MR) is 77.4 cm³/mol. The Morgan fingerprint density at radius 3 is 2.57 bits per heavy atom. The zero-order chi connectivity index (χ0) is 15.4. The average Bonchev–Trinajstić information content (AvgIpc) is 2.91. The molecule has 2 rings (SSSR count). The van der Waals surface area contributed by atoms with Crippen LogP contribution < -0.4 is 11.3 Å². The van der Waals surface area contributed by atoms with Crippen LogP contribution in [-0.4, -0.2) is 9.78 Å². The van der Waals surface area contributed by atoms with Gasteiger partial charge in [0.15, 0.2) is 11.6 Å². The van der Waals surface area contributed by atoms with E-state index in [0.29, 0.717) is 12.0 Å². The van der Waals surface area contributed by atoms with Gasteiger partial charge >= 0.3 is 0 Å². The summed E-state index contributed by atoms with van der Waals surface area (Å²) < 4.78 is 28.2. The molecule has 0 aliphatic carbocycles. The van der Waals surface area contributed by atoms with E-state index >= 15 is 0 Å². The van der Waals surface area contributed by atoms with Gasteiger partial charge in [-0.2, -0.15) is 5.10 Å². The van der Waals surface area contributed by atoms with Gasteiger partial charge in [-0.1, -0.05) is 13.0 Å². The van der Waals surface area contributed by atoms with Gasteiger partial charge in [-0.3, -0.25) is 16.0 Å². The number of nitrogens with one attached hydrogen (secondary N) is 1. The van der Waals surface area contributed by atoms with Gasteiger partial charge in [-0.25, -0.2) is 8.78 Å². The van der Waals surface area contributed by atoms with Gasteiger partial charge in [0, 0.05) is 6.54 Å². The summed E-state index contributed by atoms with van der Waals surface area (Å²) in [7, 11) is 0. The van der Waals surface area contributed by atoms with E-state index in [1.165, 1.54) is 6.07 Å². The maximum Gasteiger partial charge on any atom is 0.159 e. The molecular formula is C15H20F2N4. The summed E-state index contributed by atoms with van der Waals surface area (Å²) in [5, 5.41) is 4.48. The third-order valence-corrected chi connectivity index (χ3v) is 3.51. The van der Waals surface area contributed by atoms with Gasteiger partial charge in [-0.05, 0) is 43.5 Å². The van der Waals surface area contributed by atoms with Crippen LogP contribution in [0.15, 0.2) is 24.3 Å². The molecule has 0 saturated heterocycles. The molecule has 0 radical (unpaired) electrons. The zero-order valence-corrected chi connectivity index (χ0v) is 12.2. The van der Waals surface area contributed by atoms with E-state index in [0.717, 1.165) is 30.4 Å². The molecule has 0 bridgehead atoms. The lowest BCUT2D eigenvalue weighted by Gasteiger charge is -2.17. The Bertz CT molecular complexity index is 610. The Morgan fingerprint density at radius 2 is 2.00 bits per heavy atom. The molecule has 0 amide bonds. The van der Waals surface area contributed by atoms with Crippen LogP contribution in [0.2, 0.25) is 0 Å². The summed E-state index contributed by atoms with van der Waals surface area (Å²) in [5.41, 5.74) is 5.35. The Kier molecular flexibility index (Phi) is 5.03. The highest BCUT2D eigenvalue weighted by Crippen LogP contribution is 2.20. The van der Waals surface area contributed by atoms with E-state index in [2.05, 4.69) is 10.5 Å². The minimum Gasteiger partial charge on any atom is -0.271 e. The molecule has 0 fully saturated rings. The second kappa shape index (κ2) is 6.78. The van der Waals surface area contributed by atoms with Gasteiger partial charge in [0.2, 0.25) is 0 Å². The maximum atomic E-state index is 13.3. The molecule has 1 atom stereocenters. The number of hydrogen-bond donors (Lipinski definition) is 2. The number of rotatable bonds is 6. The maximum absolute atomic E-state index is 13.3. The Morgan fingerprint density at radius 1 is 1.24 bits per heavy atom.